The van der Waals surface area contributed by atoms with Crippen molar-refractivity contribution >= 4 is 5.78 Å². The number of benzene rings is 2. The predicted octanol–water partition coefficient (Wildman–Crippen LogP) is 3.55. The maximum Gasteiger partial charge on any atom is 0.189 e. The van der Waals surface area contributed by atoms with E-state index in [1.807, 2.05) is 50.2 Å². The third-order valence-corrected chi connectivity index (χ3v) is 5.92. The van der Waals surface area contributed by atoms with Gasteiger partial charge in [-0.05, 0) is 68.0 Å². The van der Waals surface area contributed by atoms with Crippen molar-refractivity contribution in [2.75, 3.05) is 13.4 Å². The first-order valence-corrected chi connectivity index (χ1v) is 12.7. The van der Waals surface area contributed by atoms with E-state index in [4.69, 9.17) is 14.2 Å². The molecule has 0 saturated heterocycles. The average Bonchev–Trinajstić information content (AvgIpc) is 2.90. The summed E-state index contributed by atoms with van der Waals surface area (Å²) in [6, 6.07) is 13.2. The van der Waals surface area contributed by atoms with E-state index in [0.717, 1.165) is 30.4 Å². The average molecular weight is 505 g/mol. The van der Waals surface area contributed by atoms with Crippen LogP contribution in [0.25, 0.3) is 0 Å². The van der Waals surface area contributed by atoms with Crippen LogP contribution in [0.4, 0.5) is 0 Å². The van der Waals surface area contributed by atoms with Crippen molar-refractivity contribution < 1.29 is 39.4 Å². The fraction of sp³-hybridized carbons (Fsp3) is 0.536. The van der Waals surface area contributed by atoms with E-state index < -0.39 is 31.0 Å². The Bertz CT molecular complexity index is 912. The van der Waals surface area contributed by atoms with Crippen molar-refractivity contribution in [2.24, 2.45) is 0 Å². The Morgan fingerprint density at radius 1 is 0.889 bits per heavy atom. The van der Waals surface area contributed by atoms with Gasteiger partial charge in [-0.1, -0.05) is 32.0 Å². The van der Waals surface area contributed by atoms with Crippen molar-refractivity contribution in [3.8, 4) is 17.2 Å². The van der Waals surface area contributed by atoms with Gasteiger partial charge in [0.25, 0.3) is 0 Å². The molecule has 2 aliphatic rings. The summed E-state index contributed by atoms with van der Waals surface area (Å²) in [5, 5.41) is 38.9. The minimum Gasteiger partial charge on any atom is -0.464 e. The molecule has 0 spiro atoms. The van der Waals surface area contributed by atoms with E-state index in [1.54, 1.807) is 6.07 Å². The zero-order chi connectivity index (χ0) is 26.5. The molecule has 0 fully saturated rings. The highest BCUT2D eigenvalue weighted by Gasteiger charge is 2.30. The summed E-state index contributed by atoms with van der Waals surface area (Å²) >= 11 is 0. The van der Waals surface area contributed by atoms with Crippen LogP contribution in [0.2, 0.25) is 0 Å². The van der Waals surface area contributed by atoms with Crippen LogP contribution in [0, 0.1) is 0 Å². The normalized spacial score (nSPS) is 17.4. The lowest BCUT2D eigenvalue weighted by molar-refractivity contribution is -0.153. The van der Waals surface area contributed by atoms with E-state index >= 15 is 0 Å². The highest BCUT2D eigenvalue weighted by atomic mass is 16.7. The van der Waals surface area contributed by atoms with Crippen LogP contribution in [0.1, 0.15) is 57.6 Å². The number of fused-ring (bicyclic) bond motifs is 8. The Labute approximate surface area is 213 Å². The molecule has 8 heteroatoms. The minimum absolute atomic E-state index is 0.284. The molecule has 0 saturated carbocycles. The second-order valence-corrected chi connectivity index (χ2v) is 8.64. The van der Waals surface area contributed by atoms with Gasteiger partial charge in [-0.3, -0.25) is 4.79 Å². The van der Waals surface area contributed by atoms with Gasteiger partial charge in [-0.15, -0.1) is 0 Å². The van der Waals surface area contributed by atoms with Crippen LogP contribution in [0.15, 0.2) is 42.5 Å². The number of aliphatic hydroxyl groups excluding tert-OH is 4. The van der Waals surface area contributed by atoms with Crippen molar-refractivity contribution in [3.05, 3.63) is 53.6 Å². The molecule has 36 heavy (non-hydrogen) atoms. The minimum atomic E-state index is -1.49. The first kappa shape index (κ1) is 29.7. The number of hydrogen-bond donors (Lipinski definition) is 4. The molecule has 2 aromatic rings. The van der Waals surface area contributed by atoms with Gasteiger partial charge in [0.15, 0.2) is 18.3 Å². The molecule has 0 aliphatic carbocycles. The molecular weight excluding hydrogens is 464 g/mol. The number of Topliss-reactive ketones (excluding diaryl/α,β-unsaturated/α-hetero) is 1. The Morgan fingerprint density at radius 3 is 2.22 bits per heavy atom. The second-order valence-electron chi connectivity index (χ2n) is 8.64. The molecule has 2 heterocycles. The van der Waals surface area contributed by atoms with Crippen LogP contribution >= 0.6 is 0 Å². The van der Waals surface area contributed by atoms with Crippen molar-refractivity contribution in [2.45, 2.75) is 83.7 Å². The number of carbonyl (C=O) groups excluding carboxylic acids is 1. The number of aliphatic hydroxyl groups is 4. The maximum absolute atomic E-state index is 12.1. The molecule has 200 valence electrons. The van der Waals surface area contributed by atoms with Gasteiger partial charge in [-0.25, -0.2) is 0 Å². The molecular formula is C28H40O8. The Kier molecular flexibility index (Phi) is 12.9. The summed E-state index contributed by atoms with van der Waals surface area (Å²) in [7, 11) is 0. The van der Waals surface area contributed by atoms with Gasteiger partial charge in [0.2, 0.25) is 0 Å². The maximum atomic E-state index is 12.1. The van der Waals surface area contributed by atoms with E-state index in [1.165, 1.54) is 6.92 Å². The Hall–Kier alpha value is -2.49. The van der Waals surface area contributed by atoms with Crippen LogP contribution in [-0.4, -0.2) is 64.0 Å². The predicted molar refractivity (Wildman–Crippen MR) is 136 cm³/mol. The fourth-order valence-corrected chi connectivity index (χ4v) is 3.77. The largest absolute Gasteiger partial charge is 0.464 e. The van der Waals surface area contributed by atoms with Gasteiger partial charge in [0, 0.05) is 12.8 Å². The molecule has 2 aliphatic heterocycles. The van der Waals surface area contributed by atoms with Gasteiger partial charge in [0.05, 0.1) is 12.7 Å². The van der Waals surface area contributed by atoms with Gasteiger partial charge in [-0.2, -0.15) is 0 Å². The lowest BCUT2D eigenvalue weighted by Crippen LogP contribution is -2.46. The van der Waals surface area contributed by atoms with E-state index in [9.17, 15) is 25.2 Å². The number of rotatable bonds is 8. The zero-order valence-corrected chi connectivity index (χ0v) is 21.4. The molecule has 0 amide bonds. The first-order valence-electron chi connectivity index (χ1n) is 12.7. The molecule has 3 unspecified atom stereocenters. The monoisotopic (exact) mass is 504 g/mol. The summed E-state index contributed by atoms with van der Waals surface area (Å²) in [6.07, 6.45) is -0.916. The highest BCUT2D eigenvalue weighted by molar-refractivity contribution is 5.78. The lowest BCUT2D eigenvalue weighted by Gasteiger charge is -2.27. The SMILES string of the molecule is CC.C[C@@H](O)C(O)C(O)C(CO)OCOc1ccc2cc1Oc1ccc(cc1)CCC(=O)CCCC2. The summed E-state index contributed by atoms with van der Waals surface area (Å²) < 4.78 is 17.2. The van der Waals surface area contributed by atoms with Crippen LogP contribution in [0.3, 0.4) is 0 Å². The van der Waals surface area contributed by atoms with E-state index in [-0.39, 0.29) is 12.6 Å². The number of ketones is 1. The summed E-state index contributed by atoms with van der Waals surface area (Å²) in [6.45, 7) is 4.45. The van der Waals surface area contributed by atoms with Crippen molar-refractivity contribution in [1.29, 1.82) is 0 Å². The molecule has 0 radical (unpaired) electrons. The summed E-state index contributed by atoms with van der Waals surface area (Å²) in [5.41, 5.74) is 2.12. The van der Waals surface area contributed by atoms with E-state index in [0.29, 0.717) is 36.5 Å². The zero-order valence-electron chi connectivity index (χ0n) is 21.4. The second kappa shape index (κ2) is 15.6. The summed E-state index contributed by atoms with van der Waals surface area (Å²) in [4.78, 5) is 12.1. The summed E-state index contributed by atoms with van der Waals surface area (Å²) in [5.74, 6) is 1.81. The quantitative estimate of drug-likeness (QED) is 0.402. The number of hydrogen-bond acceptors (Lipinski definition) is 8. The van der Waals surface area contributed by atoms with Gasteiger partial charge in [0.1, 0.15) is 29.8 Å². The first-order chi connectivity index (χ1) is 17.4. The molecule has 0 aromatic heterocycles. The van der Waals surface area contributed by atoms with Crippen LogP contribution in [0.5, 0.6) is 17.2 Å². The van der Waals surface area contributed by atoms with Crippen molar-refractivity contribution in [1.82, 2.24) is 0 Å². The van der Waals surface area contributed by atoms with Crippen molar-refractivity contribution in [3.63, 3.8) is 0 Å². The molecule has 4 bridgehead atoms. The van der Waals surface area contributed by atoms with Gasteiger partial charge < -0.3 is 34.6 Å². The number of aryl methyl sites for hydroxylation is 2. The topological polar surface area (TPSA) is 126 Å². The molecule has 8 nitrogen and oxygen atoms in total. The molecule has 4 N–H and O–H groups in total. The Balaban J connectivity index is 0.00000222. The fourth-order valence-electron chi connectivity index (χ4n) is 3.77. The van der Waals surface area contributed by atoms with Gasteiger partial charge >= 0.3 is 0 Å². The number of carbonyl (C=O) groups is 1. The van der Waals surface area contributed by atoms with Crippen LogP contribution in [-0.2, 0) is 22.4 Å². The molecule has 4 rings (SSSR count). The third kappa shape index (κ3) is 9.19. The van der Waals surface area contributed by atoms with E-state index in [2.05, 4.69) is 0 Å². The third-order valence-electron chi connectivity index (χ3n) is 5.92. The lowest BCUT2D eigenvalue weighted by atomic mass is 10.0. The standard InChI is InChI=1S/C26H34O8.C2H6/c1-17(28)25(30)26(31)24(15-27)33-16-32-22-13-9-19-4-2-3-5-20(29)10-6-18-7-11-21(12-8-18)34-23(22)14-19;1-2/h7-9,11-14,17,24-28,30-31H,2-6,10,15-16H2,1H3;1-2H3/t17-,24?,25?,26?;/m1./s1. The highest BCUT2D eigenvalue weighted by Crippen LogP contribution is 2.34. The number of ether oxygens (including phenoxy) is 3. The molecule has 4 atom stereocenters. The Morgan fingerprint density at radius 2 is 1.56 bits per heavy atom. The smallest absolute Gasteiger partial charge is 0.189 e. The molecule has 2 aromatic carbocycles. The van der Waals surface area contributed by atoms with Crippen LogP contribution < -0.4 is 9.47 Å².